The molecule has 0 fully saturated rings. The maximum Gasteiger partial charge on any atom is 0.241 e. The Morgan fingerprint density at radius 3 is 2.48 bits per heavy atom. The van der Waals surface area contributed by atoms with E-state index >= 15 is 0 Å². The molecule has 1 atom stereocenters. The molecule has 4 nitrogen and oxygen atoms in total. The predicted octanol–water partition coefficient (Wildman–Crippen LogP) is 2.93. The van der Waals surface area contributed by atoms with Crippen molar-refractivity contribution in [2.24, 2.45) is 0 Å². The van der Waals surface area contributed by atoms with Gasteiger partial charge in [0.15, 0.2) is 0 Å². The Bertz CT molecular complexity index is 755. The molecule has 0 aromatic heterocycles. The van der Waals surface area contributed by atoms with E-state index in [2.05, 4.69) is 4.72 Å². The summed E-state index contributed by atoms with van der Waals surface area (Å²) in [6.07, 6.45) is 0. The van der Waals surface area contributed by atoms with Crippen molar-refractivity contribution < 1.29 is 8.42 Å². The second-order valence-electron chi connectivity index (χ2n) is 5.28. The Balaban J connectivity index is 2.31. The molecule has 112 valence electrons. The number of sulfonamides is 1. The second-order valence-corrected chi connectivity index (χ2v) is 6.96. The fourth-order valence-corrected chi connectivity index (χ4v) is 3.75. The highest BCUT2D eigenvalue weighted by Gasteiger charge is 2.20. The third-order valence-electron chi connectivity index (χ3n) is 3.38. The Kier molecular flexibility index (Phi) is 4.34. The minimum atomic E-state index is -3.56. The van der Waals surface area contributed by atoms with E-state index in [9.17, 15) is 8.42 Å². The standard InChI is InChI=1S/C16H20N2O2S/c1-11-7-8-12(2)16(9-11)21(19,20)18-13(3)14-5-4-6-15(17)10-14/h4-10,13,18H,17H2,1-3H3. The number of nitrogens with two attached hydrogens (primary N) is 1. The fraction of sp³-hybridized carbons (Fsp3) is 0.250. The van der Waals surface area contributed by atoms with Crippen LogP contribution in [0.3, 0.4) is 0 Å². The zero-order valence-corrected chi connectivity index (χ0v) is 13.2. The molecule has 0 amide bonds. The Labute approximate surface area is 126 Å². The Morgan fingerprint density at radius 1 is 1.10 bits per heavy atom. The van der Waals surface area contributed by atoms with Crippen LogP contribution < -0.4 is 10.5 Å². The minimum absolute atomic E-state index is 0.318. The molecule has 0 heterocycles. The van der Waals surface area contributed by atoms with Crippen molar-refractivity contribution in [3.8, 4) is 0 Å². The molecular formula is C16H20N2O2S. The lowest BCUT2D eigenvalue weighted by Crippen LogP contribution is -2.27. The van der Waals surface area contributed by atoms with Gasteiger partial charge >= 0.3 is 0 Å². The lowest BCUT2D eigenvalue weighted by molar-refractivity contribution is 0.566. The Hall–Kier alpha value is -1.85. The summed E-state index contributed by atoms with van der Waals surface area (Å²) in [5.74, 6) is 0. The molecule has 1 unspecified atom stereocenters. The van der Waals surface area contributed by atoms with Crippen molar-refractivity contribution in [1.82, 2.24) is 4.72 Å². The third kappa shape index (κ3) is 3.62. The van der Waals surface area contributed by atoms with Crippen LogP contribution in [-0.4, -0.2) is 8.42 Å². The van der Waals surface area contributed by atoms with E-state index in [1.807, 2.05) is 31.2 Å². The van der Waals surface area contributed by atoms with Crippen LogP contribution in [0.5, 0.6) is 0 Å². The summed E-state index contributed by atoms with van der Waals surface area (Å²) >= 11 is 0. The lowest BCUT2D eigenvalue weighted by Gasteiger charge is -2.16. The molecule has 2 aromatic rings. The summed E-state index contributed by atoms with van der Waals surface area (Å²) in [7, 11) is -3.56. The SMILES string of the molecule is Cc1ccc(C)c(S(=O)(=O)NC(C)c2cccc(N)c2)c1. The zero-order chi connectivity index (χ0) is 15.6. The maximum atomic E-state index is 12.5. The summed E-state index contributed by atoms with van der Waals surface area (Å²) in [6, 6.07) is 12.3. The van der Waals surface area contributed by atoms with Gasteiger partial charge in [0.05, 0.1) is 4.90 Å². The fourth-order valence-electron chi connectivity index (χ4n) is 2.19. The average molecular weight is 304 g/mol. The van der Waals surface area contributed by atoms with Crippen molar-refractivity contribution in [3.63, 3.8) is 0 Å². The van der Waals surface area contributed by atoms with Crippen LogP contribution in [0.15, 0.2) is 47.4 Å². The van der Waals surface area contributed by atoms with E-state index in [-0.39, 0.29) is 6.04 Å². The smallest absolute Gasteiger partial charge is 0.241 e. The first-order valence-corrected chi connectivity index (χ1v) is 8.23. The van der Waals surface area contributed by atoms with Gasteiger partial charge in [-0.05, 0) is 55.7 Å². The van der Waals surface area contributed by atoms with E-state index in [1.54, 1.807) is 32.0 Å². The van der Waals surface area contributed by atoms with E-state index in [0.717, 1.165) is 16.7 Å². The monoisotopic (exact) mass is 304 g/mol. The number of rotatable bonds is 4. The predicted molar refractivity (Wildman–Crippen MR) is 85.5 cm³/mol. The number of nitrogen functional groups attached to an aromatic ring is 1. The van der Waals surface area contributed by atoms with Crippen LogP contribution in [0.1, 0.15) is 29.7 Å². The summed E-state index contributed by atoms with van der Waals surface area (Å²) in [4.78, 5) is 0.318. The number of benzene rings is 2. The highest BCUT2D eigenvalue weighted by molar-refractivity contribution is 7.89. The summed E-state index contributed by atoms with van der Waals surface area (Å²) in [5, 5.41) is 0. The van der Waals surface area contributed by atoms with Crippen molar-refractivity contribution in [1.29, 1.82) is 0 Å². The van der Waals surface area contributed by atoms with Crippen molar-refractivity contribution in [3.05, 3.63) is 59.2 Å². The van der Waals surface area contributed by atoms with Gasteiger partial charge in [-0.15, -0.1) is 0 Å². The van der Waals surface area contributed by atoms with Crippen LogP contribution in [0.25, 0.3) is 0 Å². The van der Waals surface area contributed by atoms with Crippen LogP contribution >= 0.6 is 0 Å². The van der Waals surface area contributed by atoms with Gasteiger partial charge in [0.25, 0.3) is 0 Å². The average Bonchev–Trinajstić information content (AvgIpc) is 2.41. The summed E-state index contributed by atoms with van der Waals surface area (Å²) < 4.78 is 27.8. The molecule has 21 heavy (non-hydrogen) atoms. The zero-order valence-electron chi connectivity index (χ0n) is 12.4. The molecule has 0 aliphatic carbocycles. The molecule has 5 heteroatoms. The van der Waals surface area contributed by atoms with Gasteiger partial charge in [-0.25, -0.2) is 13.1 Å². The molecule has 0 spiro atoms. The van der Waals surface area contributed by atoms with Gasteiger partial charge in [0, 0.05) is 11.7 Å². The largest absolute Gasteiger partial charge is 0.399 e. The molecule has 2 rings (SSSR count). The van der Waals surface area contributed by atoms with Gasteiger partial charge in [-0.3, -0.25) is 0 Å². The topological polar surface area (TPSA) is 72.2 Å². The molecule has 0 saturated heterocycles. The molecule has 0 aliphatic rings. The van der Waals surface area contributed by atoms with Gasteiger partial charge in [0.1, 0.15) is 0 Å². The normalized spacial score (nSPS) is 13.1. The maximum absolute atomic E-state index is 12.5. The van der Waals surface area contributed by atoms with E-state index < -0.39 is 10.0 Å². The Morgan fingerprint density at radius 2 is 1.81 bits per heavy atom. The number of hydrogen-bond acceptors (Lipinski definition) is 3. The highest BCUT2D eigenvalue weighted by atomic mass is 32.2. The number of aryl methyl sites for hydroxylation is 2. The molecule has 3 N–H and O–H groups in total. The van der Waals surface area contributed by atoms with Crippen LogP contribution in [0.4, 0.5) is 5.69 Å². The van der Waals surface area contributed by atoms with Crippen molar-refractivity contribution in [2.45, 2.75) is 31.7 Å². The van der Waals surface area contributed by atoms with Crippen molar-refractivity contribution >= 4 is 15.7 Å². The van der Waals surface area contributed by atoms with Gasteiger partial charge < -0.3 is 5.73 Å². The van der Waals surface area contributed by atoms with Crippen LogP contribution in [0.2, 0.25) is 0 Å². The van der Waals surface area contributed by atoms with Gasteiger partial charge in [-0.1, -0.05) is 24.3 Å². The molecule has 0 radical (unpaired) electrons. The highest BCUT2D eigenvalue weighted by Crippen LogP contribution is 2.21. The van der Waals surface area contributed by atoms with Crippen LogP contribution in [0, 0.1) is 13.8 Å². The number of anilines is 1. The molecule has 0 aliphatic heterocycles. The number of hydrogen-bond donors (Lipinski definition) is 2. The summed E-state index contributed by atoms with van der Waals surface area (Å²) in [6.45, 7) is 5.47. The van der Waals surface area contributed by atoms with E-state index in [1.165, 1.54) is 0 Å². The van der Waals surface area contributed by atoms with E-state index in [4.69, 9.17) is 5.73 Å². The first kappa shape index (κ1) is 15.5. The van der Waals surface area contributed by atoms with Crippen LogP contribution in [-0.2, 0) is 10.0 Å². The lowest BCUT2D eigenvalue weighted by atomic mass is 10.1. The molecule has 0 saturated carbocycles. The minimum Gasteiger partial charge on any atom is -0.399 e. The van der Waals surface area contributed by atoms with Crippen molar-refractivity contribution in [2.75, 3.05) is 5.73 Å². The third-order valence-corrected chi connectivity index (χ3v) is 5.06. The molecular weight excluding hydrogens is 284 g/mol. The second kappa shape index (κ2) is 5.87. The van der Waals surface area contributed by atoms with E-state index in [0.29, 0.717) is 10.6 Å². The quantitative estimate of drug-likeness (QED) is 0.853. The molecule has 2 aromatic carbocycles. The summed E-state index contributed by atoms with van der Waals surface area (Å²) in [5.41, 5.74) is 8.83. The van der Waals surface area contributed by atoms with Gasteiger partial charge in [-0.2, -0.15) is 0 Å². The number of nitrogens with one attached hydrogen (secondary N) is 1. The molecule has 0 bridgehead atoms. The first-order chi connectivity index (χ1) is 9.79. The van der Waals surface area contributed by atoms with Gasteiger partial charge in [0.2, 0.25) is 10.0 Å². The first-order valence-electron chi connectivity index (χ1n) is 6.74.